The molecule has 0 spiro atoms. The molecule has 2 aromatic carbocycles. The molecule has 4 rings (SSSR count). The van der Waals surface area contributed by atoms with Gasteiger partial charge in [0.1, 0.15) is 5.82 Å². The topological polar surface area (TPSA) is 109 Å². The molecule has 2 heterocycles. The van der Waals surface area contributed by atoms with Crippen molar-refractivity contribution in [2.24, 2.45) is 0 Å². The molecule has 0 aliphatic carbocycles. The van der Waals surface area contributed by atoms with Gasteiger partial charge in [0, 0.05) is 17.5 Å². The van der Waals surface area contributed by atoms with Gasteiger partial charge in [0.15, 0.2) is 11.8 Å². The molecule has 1 fully saturated rings. The molecule has 0 radical (unpaired) electrons. The fourth-order valence-corrected chi connectivity index (χ4v) is 3.52. The van der Waals surface area contributed by atoms with Gasteiger partial charge >= 0.3 is 5.97 Å². The number of aromatic amines is 1. The largest absolute Gasteiger partial charge is 0.447 e. The minimum Gasteiger partial charge on any atom is -0.447 e. The summed E-state index contributed by atoms with van der Waals surface area (Å²) in [6.45, 7) is 0.170. The fraction of sp³-hybridized carbons (Fsp3) is 0.227. The Labute approximate surface area is 175 Å². The Bertz CT molecular complexity index is 1220. The summed E-state index contributed by atoms with van der Waals surface area (Å²) in [5.74, 6) is -2.59. The van der Waals surface area contributed by atoms with E-state index in [2.05, 4.69) is 10.2 Å². The molecule has 1 aliphatic rings. The van der Waals surface area contributed by atoms with Crippen LogP contribution in [0.15, 0.2) is 53.3 Å². The van der Waals surface area contributed by atoms with E-state index in [1.165, 1.54) is 12.1 Å². The number of aromatic nitrogens is 2. The van der Waals surface area contributed by atoms with E-state index in [4.69, 9.17) is 4.74 Å². The molecule has 0 saturated carbocycles. The van der Waals surface area contributed by atoms with E-state index >= 15 is 0 Å². The summed E-state index contributed by atoms with van der Waals surface area (Å²) in [5, 5.41) is 6.61. The Kier molecular flexibility index (Phi) is 5.57. The molecule has 0 bridgehead atoms. The number of H-pyrrole nitrogens is 1. The number of likely N-dealkylation sites (tertiary alicyclic amines) is 1. The number of benzene rings is 2. The molecule has 31 heavy (non-hydrogen) atoms. The average Bonchev–Trinajstić information content (AvgIpc) is 2.95. The molecule has 1 saturated heterocycles. The Balaban J connectivity index is 1.58. The standard InChI is InChI=1S/C22H18FN3O5/c23-14-10-8-13(9-11-14)20(28)26-12-4-3-7-17(21(26)29)31-22(30)18-15-5-1-2-6-16(15)19(27)25-24-18/h1-2,5-6,8-11,17H,3-4,7,12H2,(H,25,27)/t17-/m1/s1. The molecular formula is C22H18FN3O5. The van der Waals surface area contributed by atoms with Gasteiger partial charge < -0.3 is 4.74 Å². The van der Waals surface area contributed by atoms with Crippen LogP contribution in [0.5, 0.6) is 0 Å². The van der Waals surface area contributed by atoms with Crippen molar-refractivity contribution in [2.45, 2.75) is 25.4 Å². The lowest BCUT2D eigenvalue weighted by atomic mass is 10.1. The van der Waals surface area contributed by atoms with Crippen LogP contribution in [0.3, 0.4) is 0 Å². The van der Waals surface area contributed by atoms with E-state index in [1.807, 2.05) is 0 Å². The zero-order chi connectivity index (χ0) is 22.0. The van der Waals surface area contributed by atoms with Crippen molar-refractivity contribution in [3.8, 4) is 0 Å². The van der Waals surface area contributed by atoms with Crippen molar-refractivity contribution < 1.29 is 23.5 Å². The smallest absolute Gasteiger partial charge is 0.360 e. The highest BCUT2D eigenvalue weighted by Crippen LogP contribution is 2.20. The number of esters is 1. The lowest BCUT2D eigenvalue weighted by molar-refractivity contribution is -0.137. The number of nitrogens with zero attached hydrogens (tertiary/aromatic N) is 2. The normalized spacial score (nSPS) is 16.7. The average molecular weight is 423 g/mol. The van der Waals surface area contributed by atoms with Crippen LogP contribution >= 0.6 is 0 Å². The third-order valence-electron chi connectivity index (χ3n) is 5.11. The van der Waals surface area contributed by atoms with E-state index in [9.17, 15) is 23.6 Å². The Morgan fingerprint density at radius 1 is 1.03 bits per heavy atom. The van der Waals surface area contributed by atoms with Crippen molar-refractivity contribution in [2.75, 3.05) is 6.54 Å². The maximum absolute atomic E-state index is 13.2. The number of rotatable bonds is 3. The Hall–Kier alpha value is -3.88. The summed E-state index contributed by atoms with van der Waals surface area (Å²) in [7, 11) is 0. The first-order valence-electron chi connectivity index (χ1n) is 9.75. The second-order valence-corrected chi connectivity index (χ2v) is 7.14. The number of hydrogen-bond donors (Lipinski definition) is 1. The first-order chi connectivity index (χ1) is 15.0. The fourth-order valence-electron chi connectivity index (χ4n) is 3.52. The van der Waals surface area contributed by atoms with Gasteiger partial charge in [-0.3, -0.25) is 19.3 Å². The quantitative estimate of drug-likeness (QED) is 0.512. The zero-order valence-corrected chi connectivity index (χ0v) is 16.3. The third kappa shape index (κ3) is 4.07. The molecule has 1 aliphatic heterocycles. The SMILES string of the molecule is O=C(O[C@@H]1CCCCN(C(=O)c2ccc(F)cc2)C1=O)c1n[nH]c(=O)c2ccccc12. The van der Waals surface area contributed by atoms with E-state index in [1.54, 1.807) is 24.3 Å². The number of carbonyl (C=O) groups is 3. The van der Waals surface area contributed by atoms with Crippen LogP contribution in [0.4, 0.5) is 4.39 Å². The van der Waals surface area contributed by atoms with Crippen molar-refractivity contribution in [1.82, 2.24) is 15.1 Å². The van der Waals surface area contributed by atoms with Crippen molar-refractivity contribution >= 4 is 28.6 Å². The molecule has 9 heteroatoms. The highest BCUT2D eigenvalue weighted by Gasteiger charge is 2.34. The van der Waals surface area contributed by atoms with Gasteiger partial charge in [-0.25, -0.2) is 14.3 Å². The third-order valence-corrected chi connectivity index (χ3v) is 5.11. The molecule has 3 aromatic rings. The van der Waals surface area contributed by atoms with Crippen LogP contribution in [0.25, 0.3) is 10.8 Å². The van der Waals surface area contributed by atoms with Gasteiger partial charge in [-0.2, -0.15) is 5.10 Å². The number of amides is 2. The van der Waals surface area contributed by atoms with Crippen LogP contribution < -0.4 is 5.56 Å². The molecule has 158 valence electrons. The monoisotopic (exact) mass is 423 g/mol. The summed E-state index contributed by atoms with van der Waals surface area (Å²) in [5.41, 5.74) is -0.410. The lowest BCUT2D eigenvalue weighted by Gasteiger charge is -2.22. The predicted molar refractivity (Wildman–Crippen MR) is 108 cm³/mol. The molecule has 1 N–H and O–H groups in total. The van der Waals surface area contributed by atoms with Crippen molar-refractivity contribution in [3.05, 3.63) is 76.0 Å². The number of fused-ring (bicyclic) bond motifs is 1. The lowest BCUT2D eigenvalue weighted by Crippen LogP contribution is -2.43. The summed E-state index contributed by atoms with van der Waals surface area (Å²) in [6, 6.07) is 11.3. The van der Waals surface area contributed by atoms with E-state index in [0.717, 1.165) is 17.0 Å². The molecule has 1 atom stereocenters. The number of halogens is 1. The van der Waals surface area contributed by atoms with Crippen LogP contribution in [0, 0.1) is 5.82 Å². The summed E-state index contributed by atoms with van der Waals surface area (Å²) in [6.07, 6.45) is 0.189. The van der Waals surface area contributed by atoms with Crippen molar-refractivity contribution in [1.29, 1.82) is 0 Å². The number of ether oxygens (including phenoxy) is 1. The minimum atomic E-state index is -1.17. The second kappa shape index (κ2) is 8.47. The van der Waals surface area contributed by atoms with Gasteiger partial charge in [-0.15, -0.1) is 0 Å². The summed E-state index contributed by atoms with van der Waals surface area (Å²) >= 11 is 0. The molecule has 8 nitrogen and oxygen atoms in total. The highest BCUT2D eigenvalue weighted by molar-refractivity contribution is 6.07. The summed E-state index contributed by atoms with van der Waals surface area (Å²) < 4.78 is 18.6. The van der Waals surface area contributed by atoms with Crippen LogP contribution in [0.1, 0.15) is 40.1 Å². The molecule has 0 unspecified atom stereocenters. The van der Waals surface area contributed by atoms with E-state index in [-0.39, 0.29) is 29.6 Å². The van der Waals surface area contributed by atoms with E-state index < -0.39 is 35.3 Å². The predicted octanol–water partition coefficient (Wildman–Crippen LogP) is 2.44. The summed E-state index contributed by atoms with van der Waals surface area (Å²) in [4.78, 5) is 51.5. The first kappa shape index (κ1) is 20.4. The van der Waals surface area contributed by atoms with Gasteiger partial charge in [0.25, 0.3) is 17.4 Å². The highest BCUT2D eigenvalue weighted by atomic mass is 19.1. The van der Waals surface area contributed by atoms with Crippen LogP contribution in [-0.4, -0.2) is 45.5 Å². The van der Waals surface area contributed by atoms with Gasteiger partial charge in [-0.05, 0) is 49.6 Å². The van der Waals surface area contributed by atoms with E-state index in [0.29, 0.717) is 18.2 Å². The number of imide groups is 1. The maximum atomic E-state index is 13.2. The Morgan fingerprint density at radius 2 is 1.74 bits per heavy atom. The zero-order valence-electron chi connectivity index (χ0n) is 16.3. The van der Waals surface area contributed by atoms with Gasteiger partial charge in [0.2, 0.25) is 0 Å². The van der Waals surface area contributed by atoms with Crippen LogP contribution in [-0.2, 0) is 9.53 Å². The molecule has 1 aromatic heterocycles. The number of carbonyl (C=O) groups excluding carboxylic acids is 3. The van der Waals surface area contributed by atoms with Gasteiger partial charge in [-0.1, -0.05) is 18.2 Å². The molecule has 2 amide bonds. The van der Waals surface area contributed by atoms with Crippen LogP contribution in [0.2, 0.25) is 0 Å². The number of nitrogens with one attached hydrogen (secondary N) is 1. The maximum Gasteiger partial charge on any atom is 0.360 e. The van der Waals surface area contributed by atoms with Crippen molar-refractivity contribution in [3.63, 3.8) is 0 Å². The Morgan fingerprint density at radius 3 is 2.48 bits per heavy atom. The van der Waals surface area contributed by atoms with Gasteiger partial charge in [0.05, 0.1) is 5.39 Å². The second-order valence-electron chi connectivity index (χ2n) is 7.14. The minimum absolute atomic E-state index is 0.122. The molecular weight excluding hydrogens is 405 g/mol. The number of hydrogen-bond acceptors (Lipinski definition) is 6. The first-order valence-corrected chi connectivity index (χ1v) is 9.75.